The summed E-state index contributed by atoms with van der Waals surface area (Å²) in [6, 6.07) is 9.36. The summed E-state index contributed by atoms with van der Waals surface area (Å²) in [6.45, 7) is 0.0777. The van der Waals surface area contributed by atoms with E-state index in [9.17, 15) is 14.0 Å². The number of nitrogens with one attached hydrogen (secondary N) is 3. The predicted octanol–water partition coefficient (Wildman–Crippen LogP) is 3.39. The molecule has 2 aromatic heterocycles. The topological polar surface area (TPSA) is 113 Å². The Labute approximate surface area is 161 Å². The number of hydrogen-bond acceptors (Lipinski definition) is 5. The van der Waals surface area contributed by atoms with E-state index in [2.05, 4.69) is 25.5 Å². The van der Waals surface area contributed by atoms with Crippen molar-refractivity contribution in [1.82, 2.24) is 20.2 Å². The molecule has 4 aromatic rings. The standard InChI is InChI=1S/C18H13ClFN5O3/c19-6-7-28-18(27)23-17-21-12-5-4-9(8-13(12)22-17)15-14-10(16(26)25-24-15)2-1-3-11(14)20/h1-5,8H,6-7H2,(H,25,26)(H2,21,22,23,27). The number of amides is 1. The molecule has 3 N–H and O–H groups in total. The average molecular weight is 402 g/mol. The van der Waals surface area contributed by atoms with Crippen LogP contribution in [0.2, 0.25) is 0 Å². The van der Waals surface area contributed by atoms with Gasteiger partial charge in [-0.25, -0.2) is 19.3 Å². The van der Waals surface area contributed by atoms with Gasteiger partial charge in [-0.1, -0.05) is 12.1 Å². The van der Waals surface area contributed by atoms with E-state index < -0.39 is 17.5 Å². The normalized spacial score (nSPS) is 11.1. The molecular formula is C18H13ClFN5O3. The van der Waals surface area contributed by atoms with Crippen LogP contribution in [-0.4, -0.2) is 38.7 Å². The van der Waals surface area contributed by atoms with E-state index in [4.69, 9.17) is 16.3 Å². The van der Waals surface area contributed by atoms with E-state index in [1.165, 1.54) is 18.2 Å². The number of fused-ring (bicyclic) bond motifs is 2. The summed E-state index contributed by atoms with van der Waals surface area (Å²) in [5.41, 5.74) is 1.55. The Balaban J connectivity index is 1.75. The Bertz CT molecular complexity index is 1250. The highest BCUT2D eigenvalue weighted by Gasteiger charge is 2.14. The minimum atomic E-state index is -0.685. The van der Waals surface area contributed by atoms with Crippen LogP contribution in [0.5, 0.6) is 0 Å². The Morgan fingerprint density at radius 3 is 2.96 bits per heavy atom. The molecule has 0 aliphatic heterocycles. The van der Waals surface area contributed by atoms with Gasteiger partial charge in [-0.05, 0) is 24.3 Å². The number of imidazole rings is 1. The van der Waals surface area contributed by atoms with Gasteiger partial charge in [0.15, 0.2) is 0 Å². The summed E-state index contributed by atoms with van der Waals surface area (Å²) < 4.78 is 19.2. The molecular weight excluding hydrogens is 389 g/mol. The van der Waals surface area contributed by atoms with Crippen molar-refractivity contribution in [3.8, 4) is 11.3 Å². The fraction of sp³-hybridized carbons (Fsp3) is 0.111. The van der Waals surface area contributed by atoms with E-state index in [1.54, 1.807) is 18.2 Å². The van der Waals surface area contributed by atoms with Crippen molar-refractivity contribution in [2.75, 3.05) is 17.8 Å². The van der Waals surface area contributed by atoms with Crippen molar-refractivity contribution in [2.45, 2.75) is 0 Å². The Morgan fingerprint density at radius 2 is 2.14 bits per heavy atom. The van der Waals surface area contributed by atoms with Gasteiger partial charge >= 0.3 is 6.09 Å². The number of H-pyrrole nitrogens is 2. The number of rotatable bonds is 4. The lowest BCUT2D eigenvalue weighted by atomic mass is 10.0. The Kier molecular flexibility index (Phi) is 4.66. The van der Waals surface area contributed by atoms with Crippen molar-refractivity contribution < 1.29 is 13.9 Å². The van der Waals surface area contributed by atoms with Gasteiger partial charge in [-0.3, -0.25) is 10.1 Å². The summed E-state index contributed by atoms with van der Waals surface area (Å²) in [5.74, 6) is -0.162. The van der Waals surface area contributed by atoms with Crippen LogP contribution in [0.15, 0.2) is 41.2 Å². The fourth-order valence-corrected chi connectivity index (χ4v) is 2.94. The van der Waals surface area contributed by atoms with E-state index in [-0.39, 0.29) is 29.2 Å². The number of benzene rings is 2. The number of anilines is 1. The first kappa shape index (κ1) is 17.9. The average Bonchev–Trinajstić information content (AvgIpc) is 3.08. The third-order valence-electron chi connectivity index (χ3n) is 4.05. The maximum Gasteiger partial charge on any atom is 0.414 e. The fourth-order valence-electron chi connectivity index (χ4n) is 2.87. The minimum absolute atomic E-state index is 0.0777. The summed E-state index contributed by atoms with van der Waals surface area (Å²) >= 11 is 5.47. The number of hydrogen-bond donors (Lipinski definition) is 3. The van der Waals surface area contributed by atoms with Crippen LogP contribution in [0.25, 0.3) is 33.1 Å². The summed E-state index contributed by atoms with van der Waals surface area (Å²) in [4.78, 5) is 30.7. The summed E-state index contributed by atoms with van der Waals surface area (Å²) in [5, 5.41) is 9.21. The molecule has 8 nitrogen and oxygen atoms in total. The molecule has 4 rings (SSSR count). The number of aromatic amines is 2. The summed E-state index contributed by atoms with van der Waals surface area (Å²) in [6.07, 6.45) is -0.685. The molecule has 0 radical (unpaired) electrons. The molecule has 0 atom stereocenters. The quantitative estimate of drug-likeness (QED) is 0.454. The number of carbonyl (C=O) groups excluding carboxylic acids is 1. The maximum atomic E-state index is 14.4. The van der Waals surface area contributed by atoms with Gasteiger partial charge in [0.2, 0.25) is 5.95 Å². The number of alkyl halides is 1. The molecule has 28 heavy (non-hydrogen) atoms. The summed E-state index contributed by atoms with van der Waals surface area (Å²) in [7, 11) is 0. The third-order valence-corrected chi connectivity index (χ3v) is 4.20. The van der Waals surface area contributed by atoms with Gasteiger partial charge < -0.3 is 9.72 Å². The molecule has 0 saturated heterocycles. The van der Waals surface area contributed by atoms with Crippen LogP contribution in [0.3, 0.4) is 0 Å². The molecule has 0 aliphatic carbocycles. The zero-order chi connectivity index (χ0) is 19.7. The zero-order valence-corrected chi connectivity index (χ0v) is 15.0. The van der Waals surface area contributed by atoms with Crippen molar-refractivity contribution in [2.24, 2.45) is 0 Å². The van der Waals surface area contributed by atoms with Crippen LogP contribution in [0, 0.1) is 5.82 Å². The van der Waals surface area contributed by atoms with Gasteiger partial charge in [0.05, 0.1) is 27.7 Å². The molecule has 0 fully saturated rings. The van der Waals surface area contributed by atoms with Crippen molar-refractivity contribution >= 4 is 45.4 Å². The molecule has 2 aromatic carbocycles. The Morgan fingerprint density at radius 1 is 1.29 bits per heavy atom. The van der Waals surface area contributed by atoms with E-state index in [0.717, 1.165) is 0 Å². The van der Waals surface area contributed by atoms with Crippen LogP contribution in [0.4, 0.5) is 15.1 Å². The van der Waals surface area contributed by atoms with Gasteiger partial charge in [-0.2, -0.15) is 5.10 Å². The van der Waals surface area contributed by atoms with Crippen LogP contribution >= 0.6 is 11.6 Å². The molecule has 0 unspecified atom stereocenters. The molecule has 142 valence electrons. The zero-order valence-electron chi connectivity index (χ0n) is 14.3. The van der Waals surface area contributed by atoms with E-state index in [0.29, 0.717) is 22.3 Å². The monoisotopic (exact) mass is 401 g/mol. The van der Waals surface area contributed by atoms with Crippen LogP contribution in [-0.2, 0) is 4.74 Å². The molecule has 0 bridgehead atoms. The minimum Gasteiger partial charge on any atom is -0.448 e. The largest absolute Gasteiger partial charge is 0.448 e. The predicted molar refractivity (Wildman–Crippen MR) is 103 cm³/mol. The highest BCUT2D eigenvalue weighted by atomic mass is 35.5. The lowest BCUT2D eigenvalue weighted by molar-refractivity contribution is 0.168. The molecule has 0 aliphatic rings. The molecule has 0 spiro atoms. The smallest absolute Gasteiger partial charge is 0.414 e. The first-order valence-corrected chi connectivity index (χ1v) is 8.77. The SMILES string of the molecule is O=C(Nc1nc2ccc(-c3n[nH]c(=O)c4cccc(F)c34)cc2[nH]1)OCCCl. The second-order valence-electron chi connectivity index (χ2n) is 5.83. The van der Waals surface area contributed by atoms with Gasteiger partial charge in [0, 0.05) is 5.56 Å². The second-order valence-corrected chi connectivity index (χ2v) is 6.21. The van der Waals surface area contributed by atoms with Crippen LogP contribution < -0.4 is 10.9 Å². The number of aromatic nitrogens is 4. The van der Waals surface area contributed by atoms with Gasteiger partial charge in [0.1, 0.15) is 18.1 Å². The van der Waals surface area contributed by atoms with E-state index in [1.807, 2.05) is 0 Å². The number of nitrogens with zero attached hydrogens (tertiary/aromatic N) is 2. The number of halogens is 2. The Hall–Kier alpha value is -3.46. The number of ether oxygens (including phenoxy) is 1. The van der Waals surface area contributed by atoms with Crippen molar-refractivity contribution in [1.29, 1.82) is 0 Å². The lowest BCUT2D eigenvalue weighted by Gasteiger charge is -2.06. The molecule has 0 saturated carbocycles. The highest BCUT2D eigenvalue weighted by Crippen LogP contribution is 2.28. The van der Waals surface area contributed by atoms with Gasteiger partial charge in [0.25, 0.3) is 5.56 Å². The number of carbonyl (C=O) groups is 1. The second kappa shape index (κ2) is 7.28. The maximum absolute atomic E-state index is 14.4. The van der Waals surface area contributed by atoms with Crippen LogP contribution in [0.1, 0.15) is 0 Å². The highest BCUT2D eigenvalue weighted by molar-refractivity contribution is 6.18. The first-order valence-electron chi connectivity index (χ1n) is 8.23. The van der Waals surface area contributed by atoms with Gasteiger partial charge in [-0.15, -0.1) is 11.6 Å². The van der Waals surface area contributed by atoms with Crippen molar-refractivity contribution in [3.05, 3.63) is 52.6 Å². The molecule has 1 amide bonds. The molecule has 10 heteroatoms. The first-order chi connectivity index (χ1) is 13.6. The lowest BCUT2D eigenvalue weighted by Crippen LogP contribution is -2.15. The molecule has 2 heterocycles. The van der Waals surface area contributed by atoms with Crippen molar-refractivity contribution in [3.63, 3.8) is 0 Å². The third kappa shape index (κ3) is 3.27. The van der Waals surface area contributed by atoms with E-state index >= 15 is 0 Å².